The second-order valence-electron chi connectivity index (χ2n) is 6.90. The molecule has 0 amide bonds. The first-order valence-electron chi connectivity index (χ1n) is 9.38. The van der Waals surface area contributed by atoms with Crippen molar-refractivity contribution in [2.45, 2.75) is 25.8 Å². The van der Waals surface area contributed by atoms with E-state index in [0.717, 1.165) is 46.7 Å². The number of halogens is 2. The molecule has 2 heterocycles. The van der Waals surface area contributed by atoms with Crippen LogP contribution in [0.3, 0.4) is 0 Å². The highest BCUT2D eigenvalue weighted by Gasteiger charge is 2.22. The minimum atomic E-state index is -0.558. The van der Waals surface area contributed by atoms with Crippen LogP contribution in [0.25, 0.3) is 21.8 Å². The SMILES string of the molecule is Fc1cccc(F)c1CNc1nc2c(s1)-c1cccc(-c3cnco3)c1CCC2. The third kappa shape index (κ3) is 3.31. The fraction of sp³-hybridized carbons (Fsp3) is 0.182. The third-order valence-corrected chi connectivity index (χ3v) is 6.22. The molecule has 1 aliphatic carbocycles. The standard InChI is InChI=1S/C22H17F2N3OS/c23-17-7-3-8-18(24)16(17)10-26-22-27-19-9-2-4-13-14(20-11-25-12-28-20)5-1-6-15(13)21(19)29-22/h1,3,5-8,11-12H,2,4,9-10H2,(H,26,27). The van der Waals surface area contributed by atoms with Gasteiger partial charge in [-0.1, -0.05) is 35.6 Å². The van der Waals surface area contributed by atoms with Gasteiger partial charge in [0, 0.05) is 17.7 Å². The van der Waals surface area contributed by atoms with Crippen molar-refractivity contribution in [1.29, 1.82) is 0 Å². The zero-order chi connectivity index (χ0) is 19.8. The van der Waals surface area contributed by atoms with Crippen LogP contribution in [0.5, 0.6) is 0 Å². The number of aryl methyl sites for hydroxylation is 1. The summed E-state index contributed by atoms with van der Waals surface area (Å²) >= 11 is 1.51. The van der Waals surface area contributed by atoms with E-state index in [-0.39, 0.29) is 12.1 Å². The Kier molecular flexibility index (Phi) is 4.60. The van der Waals surface area contributed by atoms with Crippen LogP contribution in [0.15, 0.2) is 53.4 Å². The maximum Gasteiger partial charge on any atom is 0.183 e. The fourth-order valence-electron chi connectivity index (χ4n) is 3.75. The average molecular weight is 409 g/mol. The van der Waals surface area contributed by atoms with Crippen LogP contribution >= 0.6 is 11.3 Å². The molecule has 5 rings (SSSR count). The van der Waals surface area contributed by atoms with E-state index in [1.54, 1.807) is 6.20 Å². The van der Waals surface area contributed by atoms with Crippen molar-refractivity contribution in [1.82, 2.24) is 9.97 Å². The van der Waals surface area contributed by atoms with Gasteiger partial charge in [0.15, 0.2) is 17.3 Å². The molecule has 0 radical (unpaired) electrons. The Labute approximate surface area is 170 Å². The zero-order valence-corrected chi connectivity index (χ0v) is 16.2. The summed E-state index contributed by atoms with van der Waals surface area (Å²) in [5.74, 6) is -0.362. The van der Waals surface area contributed by atoms with Gasteiger partial charge < -0.3 is 9.73 Å². The molecule has 0 spiro atoms. The van der Waals surface area contributed by atoms with Gasteiger partial charge in [-0.3, -0.25) is 0 Å². The summed E-state index contributed by atoms with van der Waals surface area (Å²) in [6, 6.07) is 10.0. The minimum absolute atomic E-state index is 0.0194. The van der Waals surface area contributed by atoms with E-state index in [0.29, 0.717) is 5.13 Å². The van der Waals surface area contributed by atoms with Crippen molar-refractivity contribution < 1.29 is 13.2 Å². The van der Waals surface area contributed by atoms with Crippen LogP contribution in [0, 0.1) is 11.6 Å². The first-order chi connectivity index (χ1) is 14.2. The van der Waals surface area contributed by atoms with Crippen molar-refractivity contribution in [2.24, 2.45) is 0 Å². The molecule has 0 saturated carbocycles. The summed E-state index contributed by atoms with van der Waals surface area (Å²) < 4.78 is 33.3. The maximum atomic E-state index is 13.9. The second-order valence-corrected chi connectivity index (χ2v) is 7.90. The van der Waals surface area contributed by atoms with Gasteiger partial charge >= 0.3 is 0 Å². The largest absolute Gasteiger partial charge is 0.444 e. The molecular formula is C22H17F2N3OS. The third-order valence-electron chi connectivity index (χ3n) is 5.13. The van der Waals surface area contributed by atoms with Crippen molar-refractivity contribution in [2.75, 3.05) is 5.32 Å². The summed E-state index contributed by atoms with van der Waals surface area (Å²) in [5, 5.41) is 3.75. The Morgan fingerprint density at radius 1 is 1.03 bits per heavy atom. The van der Waals surface area contributed by atoms with Crippen LogP contribution in [0.2, 0.25) is 0 Å². The number of rotatable bonds is 4. The number of anilines is 1. The Morgan fingerprint density at radius 3 is 2.62 bits per heavy atom. The predicted octanol–water partition coefficient (Wildman–Crippen LogP) is 5.84. The number of nitrogens with one attached hydrogen (secondary N) is 1. The van der Waals surface area contributed by atoms with E-state index in [2.05, 4.69) is 16.4 Å². The molecule has 0 saturated heterocycles. The maximum absolute atomic E-state index is 13.9. The molecule has 7 heteroatoms. The van der Waals surface area contributed by atoms with Gasteiger partial charge in [0.25, 0.3) is 0 Å². The summed E-state index contributed by atoms with van der Waals surface area (Å²) in [6.07, 6.45) is 5.91. The van der Waals surface area contributed by atoms with Gasteiger partial charge in [0.2, 0.25) is 0 Å². The van der Waals surface area contributed by atoms with E-state index >= 15 is 0 Å². The van der Waals surface area contributed by atoms with Crippen molar-refractivity contribution in [3.05, 3.63) is 77.4 Å². The molecule has 146 valence electrons. The average Bonchev–Trinajstić information content (AvgIpc) is 3.35. The monoisotopic (exact) mass is 409 g/mol. The van der Waals surface area contributed by atoms with E-state index in [9.17, 15) is 8.78 Å². The van der Waals surface area contributed by atoms with Crippen LogP contribution in [-0.2, 0) is 19.4 Å². The van der Waals surface area contributed by atoms with Crippen LogP contribution in [0.4, 0.5) is 13.9 Å². The summed E-state index contributed by atoms with van der Waals surface area (Å²) in [7, 11) is 0. The van der Waals surface area contributed by atoms with Gasteiger partial charge in [-0.15, -0.1) is 0 Å². The van der Waals surface area contributed by atoms with E-state index in [1.807, 2.05) is 12.1 Å². The quantitative estimate of drug-likeness (QED) is 0.460. The van der Waals surface area contributed by atoms with Crippen molar-refractivity contribution >= 4 is 16.5 Å². The molecule has 0 aliphatic heterocycles. The number of benzene rings is 2. The van der Waals surface area contributed by atoms with Gasteiger partial charge in [-0.25, -0.2) is 18.7 Å². The topological polar surface area (TPSA) is 51.0 Å². The lowest BCUT2D eigenvalue weighted by atomic mass is 9.96. The van der Waals surface area contributed by atoms with Crippen molar-refractivity contribution in [3.63, 3.8) is 0 Å². The molecule has 2 aromatic carbocycles. The Hall–Kier alpha value is -3.06. The second kappa shape index (κ2) is 7.40. The number of aromatic nitrogens is 2. The van der Waals surface area contributed by atoms with Crippen molar-refractivity contribution in [3.8, 4) is 21.8 Å². The molecule has 0 bridgehead atoms. The van der Waals surface area contributed by atoms with E-state index in [1.165, 1.54) is 41.5 Å². The zero-order valence-electron chi connectivity index (χ0n) is 15.4. The lowest BCUT2D eigenvalue weighted by Crippen LogP contribution is -2.04. The summed E-state index contributed by atoms with van der Waals surface area (Å²) in [6.45, 7) is 0.0514. The predicted molar refractivity (Wildman–Crippen MR) is 109 cm³/mol. The minimum Gasteiger partial charge on any atom is -0.444 e. The van der Waals surface area contributed by atoms with E-state index in [4.69, 9.17) is 9.40 Å². The molecule has 29 heavy (non-hydrogen) atoms. The van der Waals surface area contributed by atoms with Crippen LogP contribution < -0.4 is 5.32 Å². The molecular weight excluding hydrogens is 392 g/mol. The highest BCUT2D eigenvalue weighted by atomic mass is 32.1. The fourth-order valence-corrected chi connectivity index (χ4v) is 4.81. The number of thiazole rings is 1. The number of fused-ring (bicyclic) bond motifs is 3. The summed E-state index contributed by atoms with van der Waals surface area (Å²) in [4.78, 5) is 9.84. The lowest BCUT2D eigenvalue weighted by Gasteiger charge is -2.10. The van der Waals surface area contributed by atoms with Crippen LogP contribution in [0.1, 0.15) is 23.2 Å². The van der Waals surface area contributed by atoms with Gasteiger partial charge in [-0.2, -0.15) is 0 Å². The number of nitrogens with zero attached hydrogens (tertiary/aromatic N) is 2. The smallest absolute Gasteiger partial charge is 0.183 e. The highest BCUT2D eigenvalue weighted by Crippen LogP contribution is 2.42. The Bertz CT molecular complexity index is 1150. The molecule has 0 unspecified atom stereocenters. The van der Waals surface area contributed by atoms with Crippen LogP contribution in [-0.4, -0.2) is 9.97 Å². The highest BCUT2D eigenvalue weighted by molar-refractivity contribution is 7.19. The first kappa shape index (κ1) is 18.0. The number of hydrogen-bond donors (Lipinski definition) is 1. The Balaban J connectivity index is 1.49. The molecule has 0 atom stereocenters. The van der Waals surface area contributed by atoms with E-state index < -0.39 is 11.6 Å². The first-order valence-corrected chi connectivity index (χ1v) is 10.2. The molecule has 4 aromatic rings. The normalized spacial score (nSPS) is 12.9. The molecule has 2 aromatic heterocycles. The summed E-state index contributed by atoms with van der Waals surface area (Å²) in [5.41, 5.74) is 4.43. The molecule has 4 nitrogen and oxygen atoms in total. The molecule has 1 aliphatic rings. The molecule has 0 fully saturated rings. The van der Waals surface area contributed by atoms with Gasteiger partial charge in [0.05, 0.1) is 16.8 Å². The lowest BCUT2D eigenvalue weighted by molar-refractivity contribution is 0.560. The van der Waals surface area contributed by atoms with Gasteiger partial charge in [-0.05, 0) is 42.5 Å². The number of oxazole rings is 1. The number of hydrogen-bond acceptors (Lipinski definition) is 5. The Morgan fingerprint density at radius 2 is 1.83 bits per heavy atom. The van der Waals surface area contributed by atoms with Gasteiger partial charge in [0.1, 0.15) is 11.6 Å². The molecule has 1 N–H and O–H groups in total.